The molecule has 3 heterocycles. The topological polar surface area (TPSA) is 92.2 Å². The monoisotopic (exact) mass is 698 g/mol. The van der Waals surface area contributed by atoms with E-state index in [0.29, 0.717) is 59.7 Å². The van der Waals surface area contributed by atoms with Crippen LogP contribution in [0.2, 0.25) is 10.0 Å². The largest absolute Gasteiger partial charge is 0.493 e. The van der Waals surface area contributed by atoms with E-state index in [9.17, 15) is 8.42 Å². The summed E-state index contributed by atoms with van der Waals surface area (Å²) >= 11 is 12.7. The van der Waals surface area contributed by atoms with Gasteiger partial charge in [-0.2, -0.15) is 0 Å². The molecule has 0 N–H and O–H groups in total. The number of nitrogens with zero attached hydrogens (tertiary/aromatic N) is 4. The van der Waals surface area contributed by atoms with Gasteiger partial charge in [-0.25, -0.2) is 13.2 Å². The molecule has 252 valence electrons. The Balaban J connectivity index is 1.72. The van der Waals surface area contributed by atoms with Gasteiger partial charge in [0.1, 0.15) is 32.5 Å². The highest BCUT2D eigenvalue weighted by Gasteiger charge is 2.60. The normalized spacial score (nSPS) is 22.4. The average Bonchev–Trinajstić information content (AvgIpc) is 3.24. The van der Waals surface area contributed by atoms with Crippen LogP contribution in [0.1, 0.15) is 76.8 Å². The summed E-state index contributed by atoms with van der Waals surface area (Å²) in [7, 11) is -3.13. The maximum atomic E-state index is 15.0. The molecule has 5 rings (SSSR count). The molecule has 2 aliphatic heterocycles. The molecule has 0 radical (unpaired) electrons. The number of piperidine rings is 1. The molecule has 0 aliphatic carbocycles. The fourth-order valence-corrected chi connectivity index (χ4v) is 8.16. The smallest absolute Gasteiger partial charge is 0.326 e. The lowest BCUT2D eigenvalue weighted by atomic mass is 9.71. The minimum Gasteiger partial charge on any atom is -0.493 e. The van der Waals surface area contributed by atoms with E-state index in [0.717, 1.165) is 16.8 Å². The van der Waals surface area contributed by atoms with E-state index < -0.39 is 20.9 Å². The molecule has 2 aromatic carbocycles. The Morgan fingerprint density at radius 1 is 0.979 bits per heavy atom. The van der Waals surface area contributed by atoms with Gasteiger partial charge in [-0.3, -0.25) is 14.9 Å². The second-order valence-electron chi connectivity index (χ2n) is 14.0. The first-order chi connectivity index (χ1) is 22.0. The first-order valence-electron chi connectivity index (χ1n) is 16.0. The molecule has 2 atom stereocenters. The minimum atomic E-state index is -3.13. The summed E-state index contributed by atoms with van der Waals surface area (Å²) in [4.78, 5) is 29.0. The molecular formula is C36H44Cl2N4O4S. The lowest BCUT2D eigenvalue weighted by molar-refractivity contribution is 0.0980. The number of carbonyl (C=O) groups is 1. The highest BCUT2D eigenvalue weighted by atomic mass is 35.5. The van der Waals surface area contributed by atoms with Crippen molar-refractivity contribution in [2.24, 2.45) is 10.9 Å². The molecule has 1 aromatic heterocycles. The van der Waals surface area contributed by atoms with Crippen molar-refractivity contribution < 1.29 is 17.9 Å². The number of hydrogen-bond donors (Lipinski definition) is 0. The van der Waals surface area contributed by atoms with E-state index in [1.165, 1.54) is 6.26 Å². The fraction of sp³-hybridized carbons (Fsp3) is 0.472. The Morgan fingerprint density at radius 2 is 1.53 bits per heavy atom. The van der Waals surface area contributed by atoms with Crippen molar-refractivity contribution in [1.82, 2.24) is 14.8 Å². The first-order valence-corrected chi connectivity index (χ1v) is 18.8. The molecule has 11 heteroatoms. The predicted octanol–water partition coefficient (Wildman–Crippen LogP) is 7.85. The number of ether oxygens (including phenoxy) is 1. The predicted molar refractivity (Wildman–Crippen MR) is 189 cm³/mol. The van der Waals surface area contributed by atoms with Crippen LogP contribution in [-0.4, -0.2) is 66.8 Å². The molecule has 47 heavy (non-hydrogen) atoms. The fourth-order valence-electron chi connectivity index (χ4n) is 6.72. The number of pyridine rings is 1. The van der Waals surface area contributed by atoms with Crippen LogP contribution in [0.3, 0.4) is 0 Å². The van der Waals surface area contributed by atoms with Crippen LogP contribution in [0.15, 0.2) is 65.8 Å². The number of amides is 2. The zero-order valence-corrected chi connectivity index (χ0v) is 30.5. The van der Waals surface area contributed by atoms with Crippen molar-refractivity contribution in [3.63, 3.8) is 0 Å². The van der Waals surface area contributed by atoms with Crippen LogP contribution >= 0.6 is 23.2 Å². The van der Waals surface area contributed by atoms with Crippen LogP contribution in [0.25, 0.3) is 0 Å². The standard InChI is InChI=1S/C36H44Cl2N4O4S/c1-8-46-30-21-31(34(2,3)4)39-22-29(30)32-40-35(5,25-9-13-27(37)14-10-25)36(6,26-11-15-28(38)16-12-26)42(32)33(43)41-19-17-24(18-20-41)23-47(7,44)45/h9-16,21-22,24H,8,17-20,23H2,1-7H3/t35-,36+/m0/s1. The van der Waals surface area contributed by atoms with Gasteiger partial charge >= 0.3 is 6.03 Å². The molecule has 0 unspecified atom stereocenters. The third kappa shape index (κ3) is 6.90. The summed E-state index contributed by atoms with van der Waals surface area (Å²) in [6.45, 7) is 13.5. The lowest BCUT2D eigenvalue weighted by Crippen LogP contribution is -2.59. The van der Waals surface area contributed by atoms with Crippen molar-refractivity contribution in [2.75, 3.05) is 31.7 Å². The van der Waals surface area contributed by atoms with Gasteiger partial charge in [0, 0.05) is 52.8 Å². The number of urea groups is 1. The van der Waals surface area contributed by atoms with Crippen LogP contribution in [-0.2, 0) is 26.3 Å². The molecule has 0 spiro atoms. The number of sulfone groups is 1. The second-order valence-corrected chi connectivity index (χ2v) is 17.0. The summed E-state index contributed by atoms with van der Waals surface area (Å²) in [5.41, 5.74) is 0.911. The van der Waals surface area contributed by atoms with E-state index >= 15 is 4.79 Å². The maximum Gasteiger partial charge on any atom is 0.326 e. The van der Waals surface area contributed by atoms with Crippen LogP contribution in [0.5, 0.6) is 5.75 Å². The first kappa shape index (κ1) is 35.2. The quantitative estimate of drug-likeness (QED) is 0.251. The number of rotatable bonds is 7. The third-order valence-corrected chi connectivity index (χ3v) is 11.1. The Hall–Kier alpha value is -3.14. The number of benzene rings is 2. The molecule has 0 saturated carbocycles. The van der Waals surface area contributed by atoms with Crippen molar-refractivity contribution in [3.8, 4) is 5.75 Å². The zero-order chi connectivity index (χ0) is 34.4. The number of likely N-dealkylation sites (tertiary alicyclic amines) is 1. The second kappa shape index (κ2) is 13.1. The van der Waals surface area contributed by atoms with Crippen LogP contribution in [0.4, 0.5) is 4.79 Å². The zero-order valence-electron chi connectivity index (χ0n) is 28.2. The van der Waals surface area contributed by atoms with Gasteiger partial charge in [-0.15, -0.1) is 0 Å². The summed E-state index contributed by atoms with van der Waals surface area (Å²) in [5.74, 6) is 1.15. The Morgan fingerprint density at radius 3 is 2.04 bits per heavy atom. The molecule has 2 aliphatic rings. The van der Waals surface area contributed by atoms with Gasteiger partial charge in [0.25, 0.3) is 0 Å². The minimum absolute atomic E-state index is 0.00134. The van der Waals surface area contributed by atoms with Gasteiger partial charge < -0.3 is 9.64 Å². The van der Waals surface area contributed by atoms with Gasteiger partial charge in [-0.05, 0) is 74.9 Å². The molecule has 3 aromatic rings. The van der Waals surface area contributed by atoms with Gasteiger partial charge in [0.2, 0.25) is 0 Å². The Kier molecular flexibility index (Phi) is 9.77. The van der Waals surface area contributed by atoms with Crippen LogP contribution < -0.4 is 4.74 Å². The maximum absolute atomic E-state index is 15.0. The van der Waals surface area contributed by atoms with Crippen LogP contribution in [0, 0.1) is 5.92 Å². The molecule has 1 fully saturated rings. The molecule has 1 saturated heterocycles. The van der Waals surface area contributed by atoms with E-state index in [-0.39, 0.29) is 23.1 Å². The van der Waals surface area contributed by atoms with E-state index in [2.05, 4.69) is 20.8 Å². The molecular weight excluding hydrogens is 655 g/mol. The summed E-state index contributed by atoms with van der Waals surface area (Å²) in [6.07, 6.45) is 4.22. The Bertz CT molecular complexity index is 1770. The summed E-state index contributed by atoms with van der Waals surface area (Å²) < 4.78 is 30.3. The van der Waals surface area contributed by atoms with Gasteiger partial charge in [-0.1, -0.05) is 68.2 Å². The van der Waals surface area contributed by atoms with Crippen molar-refractivity contribution in [3.05, 3.63) is 93.2 Å². The number of hydrogen-bond acceptors (Lipinski definition) is 6. The SMILES string of the molecule is CCOc1cc(C(C)(C)C)ncc1C1=N[C@@](C)(c2ccc(Cl)cc2)[C@@](C)(c2ccc(Cl)cc2)N1C(=O)N1CCC(CS(C)(=O)=O)CC1. The van der Waals surface area contributed by atoms with Gasteiger partial charge in [0.15, 0.2) is 0 Å². The highest BCUT2D eigenvalue weighted by molar-refractivity contribution is 7.90. The molecule has 8 nitrogen and oxygen atoms in total. The molecule has 0 bridgehead atoms. The van der Waals surface area contributed by atoms with E-state index in [4.69, 9.17) is 37.9 Å². The van der Waals surface area contributed by atoms with Gasteiger partial charge in [0.05, 0.1) is 17.9 Å². The third-order valence-electron chi connectivity index (χ3n) is 9.54. The number of halogens is 2. The lowest BCUT2D eigenvalue weighted by Gasteiger charge is -2.47. The van der Waals surface area contributed by atoms with E-state index in [1.807, 2.05) is 80.3 Å². The highest BCUT2D eigenvalue weighted by Crippen LogP contribution is 2.54. The average molecular weight is 700 g/mol. The van der Waals surface area contributed by atoms with Crippen molar-refractivity contribution in [1.29, 1.82) is 0 Å². The van der Waals surface area contributed by atoms with Crippen molar-refractivity contribution >= 4 is 44.9 Å². The molecule has 2 amide bonds. The van der Waals surface area contributed by atoms with E-state index in [1.54, 1.807) is 11.1 Å². The number of carbonyl (C=O) groups excluding carboxylic acids is 1. The van der Waals surface area contributed by atoms with Crippen molar-refractivity contribution in [2.45, 2.75) is 70.9 Å². The number of aromatic nitrogens is 1. The summed E-state index contributed by atoms with van der Waals surface area (Å²) in [6, 6.07) is 16.8. The number of amidine groups is 1. The Labute approximate surface area is 289 Å². The summed E-state index contributed by atoms with van der Waals surface area (Å²) in [5, 5.41) is 1.18. The number of aliphatic imine (C=N–C) groups is 1.